The van der Waals surface area contributed by atoms with Crippen LogP contribution >= 0.6 is 32.9 Å². The van der Waals surface area contributed by atoms with E-state index in [0.717, 1.165) is 0 Å². The molecule has 0 aromatic rings. The molecule has 0 heterocycles. The van der Waals surface area contributed by atoms with E-state index < -0.39 is 32.9 Å². The van der Waals surface area contributed by atoms with E-state index in [9.17, 15) is 9.13 Å². The molecule has 0 saturated heterocycles. The Balaban J connectivity index is 0. The minimum absolute atomic E-state index is 2.61. The van der Waals surface area contributed by atoms with E-state index in [1.165, 1.54) is 0 Å². The minimum Gasteiger partial charge on any atom is -0.328 e. The number of rotatable bonds is 4. The predicted molar refractivity (Wildman–Crippen MR) is 49.0 cm³/mol. The molecule has 12 nitrogen and oxygen atoms in total. The Morgan fingerprint density at radius 3 is 1.00 bits per heavy atom. The van der Waals surface area contributed by atoms with Gasteiger partial charge in [-0.05, 0) is 0 Å². The van der Waals surface area contributed by atoms with Crippen LogP contribution in [0.25, 0.3) is 0 Å². The number of hydrogen-bond acceptors (Lipinski definition) is 8. The van der Waals surface area contributed by atoms with Crippen LogP contribution < -0.4 is 0 Å². The molecule has 100 valence electrons. The minimum atomic E-state index is -5.05. The maximum absolute atomic E-state index is 9.63. The average molecular weight is 324 g/mol. The van der Waals surface area contributed by atoms with Gasteiger partial charge in [-0.15, -0.1) is 0 Å². The first-order valence-corrected chi connectivity index (χ1v) is 8.09. The van der Waals surface area contributed by atoms with Gasteiger partial charge in [0.05, 0.1) is 0 Å². The molecule has 0 radical (unpaired) electrons. The molecule has 0 spiro atoms. The molecule has 8 N–H and O–H groups in total. The SMILES string of the molecule is O=P(O)(O)OP(=O)(O)O.OP(O)OP(O)O. The van der Waals surface area contributed by atoms with Crippen molar-refractivity contribution in [2.75, 3.05) is 0 Å². The fourth-order valence-corrected chi connectivity index (χ4v) is 1.83. The summed E-state index contributed by atoms with van der Waals surface area (Å²) in [5, 5.41) is 0. The van der Waals surface area contributed by atoms with Crippen molar-refractivity contribution in [3.05, 3.63) is 0 Å². The van der Waals surface area contributed by atoms with Crippen LogP contribution in [0, 0.1) is 0 Å². The first kappa shape index (κ1) is 19.3. The van der Waals surface area contributed by atoms with Crippen LogP contribution in [0.3, 0.4) is 0 Å². The van der Waals surface area contributed by atoms with Crippen molar-refractivity contribution in [2.24, 2.45) is 0 Å². The zero-order valence-electron chi connectivity index (χ0n) is 7.00. The molecule has 0 aliphatic rings. The highest BCUT2D eigenvalue weighted by Gasteiger charge is 2.27. The number of phosphoric acid groups is 2. The third-order valence-corrected chi connectivity index (χ3v) is 3.23. The second-order valence-corrected chi connectivity index (χ2v) is 5.93. The second kappa shape index (κ2) is 8.10. The maximum Gasteiger partial charge on any atom is 0.478 e. The van der Waals surface area contributed by atoms with Crippen molar-refractivity contribution in [1.29, 1.82) is 0 Å². The van der Waals surface area contributed by atoms with Crippen LogP contribution in [-0.4, -0.2) is 39.1 Å². The normalized spacial score (nSPS) is 12.6. The van der Waals surface area contributed by atoms with E-state index >= 15 is 0 Å². The van der Waals surface area contributed by atoms with Crippen molar-refractivity contribution in [1.82, 2.24) is 0 Å². The van der Waals surface area contributed by atoms with E-state index in [2.05, 4.69) is 8.62 Å². The quantitative estimate of drug-likeness (QED) is 0.281. The molecular weight excluding hydrogens is 316 g/mol. The van der Waals surface area contributed by atoms with Crippen molar-refractivity contribution >= 4 is 32.9 Å². The monoisotopic (exact) mass is 324 g/mol. The average Bonchev–Trinajstić information content (AvgIpc) is 1.72. The molecule has 0 saturated carbocycles. The van der Waals surface area contributed by atoms with Crippen LogP contribution in [-0.2, 0) is 17.8 Å². The molecule has 0 atom stereocenters. The zero-order valence-corrected chi connectivity index (χ0v) is 10.6. The van der Waals surface area contributed by atoms with Gasteiger partial charge < -0.3 is 39.1 Å². The molecule has 0 aromatic carbocycles. The van der Waals surface area contributed by atoms with E-state index in [1.807, 2.05) is 0 Å². The molecule has 16 heavy (non-hydrogen) atoms. The lowest BCUT2D eigenvalue weighted by Gasteiger charge is -2.03. The smallest absolute Gasteiger partial charge is 0.328 e. The Morgan fingerprint density at radius 2 is 1.00 bits per heavy atom. The molecule has 0 unspecified atom stereocenters. The van der Waals surface area contributed by atoms with Crippen LogP contribution in [0.1, 0.15) is 0 Å². The summed E-state index contributed by atoms with van der Waals surface area (Å²) in [5.41, 5.74) is 0. The van der Waals surface area contributed by atoms with Crippen LogP contribution in [0.15, 0.2) is 0 Å². The van der Waals surface area contributed by atoms with Gasteiger partial charge in [-0.3, -0.25) is 0 Å². The van der Waals surface area contributed by atoms with Crippen molar-refractivity contribution in [2.45, 2.75) is 0 Å². The summed E-state index contributed by atoms with van der Waals surface area (Å²) in [5.74, 6) is 0. The summed E-state index contributed by atoms with van der Waals surface area (Å²) in [6.07, 6.45) is 0. The van der Waals surface area contributed by atoms with Gasteiger partial charge in [-0.1, -0.05) is 0 Å². The van der Waals surface area contributed by atoms with Gasteiger partial charge >= 0.3 is 32.9 Å². The highest BCUT2D eigenvalue weighted by atomic mass is 31.3. The first-order chi connectivity index (χ1) is 6.83. The van der Waals surface area contributed by atoms with Gasteiger partial charge in [0, 0.05) is 0 Å². The molecule has 0 fully saturated rings. The predicted octanol–water partition coefficient (Wildman–Crippen LogP) is -1.39. The Kier molecular flexibility index (Phi) is 9.75. The highest BCUT2D eigenvalue weighted by molar-refractivity contribution is 7.60. The number of hydrogen-bond donors (Lipinski definition) is 8. The Hall–Kier alpha value is 0.920. The van der Waals surface area contributed by atoms with Crippen LogP contribution in [0.4, 0.5) is 0 Å². The van der Waals surface area contributed by atoms with Crippen molar-refractivity contribution < 1.29 is 56.9 Å². The third kappa shape index (κ3) is 24.2. The van der Waals surface area contributed by atoms with E-state index in [1.54, 1.807) is 0 Å². The molecule has 0 bridgehead atoms. The Morgan fingerprint density at radius 1 is 0.750 bits per heavy atom. The van der Waals surface area contributed by atoms with Gasteiger partial charge in [-0.25, -0.2) is 13.4 Å². The molecule has 0 rings (SSSR count). The topological polar surface area (TPSA) is 214 Å². The summed E-state index contributed by atoms with van der Waals surface area (Å²) < 4.78 is 25.8. The molecule has 0 aliphatic carbocycles. The molecule has 0 aromatic heterocycles. The standard InChI is InChI=1S/H4O7P2.H4O5P2/c1-8(2,3)7-9(4,5)6;1-6(2)5-7(3)4/h(H2,1,2,3)(H2,4,5,6);1-4H. The molecule has 16 heteroatoms. The first-order valence-electron chi connectivity index (χ1n) is 2.70. The largest absolute Gasteiger partial charge is 0.478 e. The molecule has 0 aliphatic heterocycles. The van der Waals surface area contributed by atoms with Gasteiger partial charge in [-0.2, -0.15) is 4.31 Å². The molecule has 0 amide bonds. The van der Waals surface area contributed by atoms with Gasteiger partial charge in [0.1, 0.15) is 0 Å². The van der Waals surface area contributed by atoms with E-state index in [-0.39, 0.29) is 0 Å². The van der Waals surface area contributed by atoms with Crippen molar-refractivity contribution in [3.63, 3.8) is 0 Å². The van der Waals surface area contributed by atoms with Crippen LogP contribution in [0.5, 0.6) is 0 Å². The summed E-state index contributed by atoms with van der Waals surface area (Å²) in [4.78, 5) is 62.3. The Labute approximate surface area is 90.6 Å². The van der Waals surface area contributed by atoms with Crippen LogP contribution in [0.2, 0.25) is 0 Å². The summed E-state index contributed by atoms with van der Waals surface area (Å²) in [7, 11) is -15.3. The van der Waals surface area contributed by atoms with Gasteiger partial charge in [0.25, 0.3) is 0 Å². The lowest BCUT2D eigenvalue weighted by Crippen LogP contribution is -1.84. The molecular formula is H8O12P4. The van der Waals surface area contributed by atoms with E-state index in [4.69, 9.17) is 39.1 Å². The van der Waals surface area contributed by atoms with Gasteiger partial charge in [0.2, 0.25) is 0 Å². The van der Waals surface area contributed by atoms with Crippen molar-refractivity contribution in [3.8, 4) is 0 Å². The Bertz CT molecular complexity index is 228. The zero-order chi connectivity index (χ0) is 13.6. The summed E-state index contributed by atoms with van der Waals surface area (Å²) in [6.45, 7) is 0. The maximum atomic E-state index is 9.63. The second-order valence-electron chi connectivity index (χ2n) is 1.65. The van der Waals surface area contributed by atoms with Gasteiger partial charge in [0.15, 0.2) is 0 Å². The lowest BCUT2D eigenvalue weighted by atomic mass is 15.7. The fraction of sp³-hybridized carbons (Fsp3) is 0. The third-order valence-electron chi connectivity index (χ3n) is 0.359. The summed E-state index contributed by atoms with van der Waals surface area (Å²) >= 11 is 0. The summed E-state index contributed by atoms with van der Waals surface area (Å²) in [6, 6.07) is 0. The fourth-order valence-electron chi connectivity index (χ4n) is 0.204. The highest BCUT2D eigenvalue weighted by Crippen LogP contribution is 2.53. The lowest BCUT2D eigenvalue weighted by molar-refractivity contribution is 0.225. The van der Waals surface area contributed by atoms with E-state index in [0.29, 0.717) is 0 Å².